The van der Waals surface area contributed by atoms with Crippen LogP contribution in [-0.2, 0) is 16.0 Å². The van der Waals surface area contributed by atoms with Crippen LogP contribution < -0.4 is 5.32 Å². The van der Waals surface area contributed by atoms with Gasteiger partial charge in [0.2, 0.25) is 0 Å². The molecule has 1 aromatic rings. The molecule has 0 saturated heterocycles. The Morgan fingerprint density at radius 2 is 1.96 bits per heavy atom. The van der Waals surface area contributed by atoms with Crippen LogP contribution in [0, 0.1) is 0 Å². The van der Waals surface area contributed by atoms with Crippen molar-refractivity contribution in [3.63, 3.8) is 0 Å². The lowest BCUT2D eigenvalue weighted by molar-refractivity contribution is 0.0204. The van der Waals surface area contributed by atoms with Crippen molar-refractivity contribution in [2.45, 2.75) is 32.9 Å². The average molecular weight is 324 g/mol. The van der Waals surface area contributed by atoms with E-state index in [1.54, 1.807) is 24.1 Å². The van der Waals surface area contributed by atoms with Gasteiger partial charge in [-0.15, -0.1) is 0 Å². The van der Waals surface area contributed by atoms with Gasteiger partial charge >= 0.3 is 6.09 Å². The molecule has 0 heterocycles. The predicted octanol–water partition coefficient (Wildman–Crippen LogP) is 2.37. The maximum Gasteiger partial charge on any atom is 0.410 e. The Kier molecular flexibility index (Phi) is 7.85. The summed E-state index contributed by atoms with van der Waals surface area (Å²) >= 11 is 0. The molecule has 0 unspecified atom stereocenters. The molecule has 0 bridgehead atoms. The molecule has 0 fully saturated rings. The quantitative estimate of drug-likeness (QED) is 0.718. The van der Waals surface area contributed by atoms with Crippen LogP contribution in [0.4, 0.5) is 4.79 Å². The number of rotatable bonds is 8. The van der Waals surface area contributed by atoms with E-state index in [0.29, 0.717) is 32.8 Å². The Morgan fingerprint density at radius 1 is 1.26 bits per heavy atom. The summed E-state index contributed by atoms with van der Waals surface area (Å²) in [7, 11) is 1.60. The number of phenolic OH excluding ortho intramolecular Hbond substituents is 1. The summed E-state index contributed by atoms with van der Waals surface area (Å²) in [5, 5.41) is 12.9. The van der Waals surface area contributed by atoms with Crippen LogP contribution in [-0.4, -0.2) is 55.1 Å². The third kappa shape index (κ3) is 7.85. The minimum Gasteiger partial charge on any atom is -0.508 e. The average Bonchev–Trinajstić information content (AvgIpc) is 2.46. The highest BCUT2D eigenvalue weighted by Gasteiger charge is 2.21. The normalized spacial score (nSPS) is 11.3. The van der Waals surface area contributed by atoms with Crippen molar-refractivity contribution >= 4 is 6.09 Å². The molecule has 0 aliphatic rings. The van der Waals surface area contributed by atoms with Gasteiger partial charge in [-0.3, -0.25) is 0 Å². The van der Waals surface area contributed by atoms with E-state index in [-0.39, 0.29) is 11.8 Å². The summed E-state index contributed by atoms with van der Waals surface area (Å²) in [5.74, 6) is 0.267. The van der Waals surface area contributed by atoms with Crippen LogP contribution in [0.3, 0.4) is 0 Å². The fraction of sp³-hybridized carbons (Fsp3) is 0.588. The molecule has 0 atom stereocenters. The number of ether oxygens (including phenoxy) is 2. The highest BCUT2D eigenvalue weighted by Crippen LogP contribution is 2.14. The van der Waals surface area contributed by atoms with Gasteiger partial charge in [-0.05, 0) is 26.8 Å². The summed E-state index contributed by atoms with van der Waals surface area (Å²) in [4.78, 5) is 13.8. The Balaban J connectivity index is 2.44. The number of para-hydroxylation sites is 1. The predicted molar refractivity (Wildman–Crippen MR) is 89.5 cm³/mol. The second-order valence-electron chi connectivity index (χ2n) is 6.27. The molecule has 1 aromatic carbocycles. The van der Waals surface area contributed by atoms with E-state index in [0.717, 1.165) is 5.56 Å². The number of aromatic hydroxyl groups is 1. The number of benzene rings is 1. The Labute approximate surface area is 138 Å². The van der Waals surface area contributed by atoms with Crippen LogP contribution in [0.25, 0.3) is 0 Å². The first-order valence-corrected chi connectivity index (χ1v) is 7.78. The summed E-state index contributed by atoms with van der Waals surface area (Å²) in [6, 6.07) is 7.18. The van der Waals surface area contributed by atoms with Crippen molar-refractivity contribution in [1.29, 1.82) is 0 Å². The highest BCUT2D eigenvalue weighted by atomic mass is 16.6. The highest BCUT2D eigenvalue weighted by molar-refractivity contribution is 5.68. The molecule has 0 aliphatic carbocycles. The molecule has 0 aromatic heterocycles. The minimum absolute atomic E-state index is 0.267. The smallest absolute Gasteiger partial charge is 0.410 e. The molecule has 6 heteroatoms. The summed E-state index contributed by atoms with van der Waals surface area (Å²) < 4.78 is 10.4. The molecule has 0 radical (unpaired) electrons. The summed E-state index contributed by atoms with van der Waals surface area (Å²) in [6.45, 7) is 8.10. The maximum atomic E-state index is 12.2. The van der Waals surface area contributed by atoms with Crippen LogP contribution in [0.15, 0.2) is 24.3 Å². The minimum atomic E-state index is -0.522. The number of methoxy groups -OCH3 is 1. The molecular weight excluding hydrogens is 296 g/mol. The zero-order valence-corrected chi connectivity index (χ0v) is 14.5. The summed E-state index contributed by atoms with van der Waals surface area (Å²) in [6.07, 6.45) is -0.348. The molecule has 0 spiro atoms. The zero-order valence-electron chi connectivity index (χ0n) is 14.5. The number of carbonyl (C=O) groups excluding carboxylic acids is 1. The van der Waals surface area contributed by atoms with Crippen molar-refractivity contribution in [3.05, 3.63) is 29.8 Å². The van der Waals surface area contributed by atoms with Gasteiger partial charge in [-0.25, -0.2) is 4.79 Å². The van der Waals surface area contributed by atoms with E-state index < -0.39 is 5.60 Å². The standard InChI is InChI=1S/C17H28N2O4/c1-17(2,3)23-16(21)19(11-12-22-4)10-9-18-13-14-7-5-6-8-15(14)20/h5-8,18,20H,9-13H2,1-4H3. The fourth-order valence-electron chi connectivity index (χ4n) is 1.92. The first-order valence-electron chi connectivity index (χ1n) is 7.78. The Hall–Kier alpha value is -1.79. The van der Waals surface area contributed by atoms with Gasteiger partial charge in [0.25, 0.3) is 0 Å². The van der Waals surface area contributed by atoms with Crippen LogP contribution in [0.5, 0.6) is 5.75 Å². The zero-order chi connectivity index (χ0) is 17.3. The van der Waals surface area contributed by atoms with Gasteiger partial charge in [-0.1, -0.05) is 18.2 Å². The molecule has 2 N–H and O–H groups in total. The van der Waals surface area contributed by atoms with Crippen LogP contribution in [0.1, 0.15) is 26.3 Å². The van der Waals surface area contributed by atoms with E-state index in [1.807, 2.05) is 32.9 Å². The molecule has 1 rings (SSSR count). The van der Waals surface area contributed by atoms with Gasteiger partial charge in [0, 0.05) is 38.9 Å². The van der Waals surface area contributed by atoms with Crippen molar-refractivity contribution < 1.29 is 19.4 Å². The van der Waals surface area contributed by atoms with Crippen LogP contribution >= 0.6 is 0 Å². The second-order valence-corrected chi connectivity index (χ2v) is 6.27. The first-order chi connectivity index (χ1) is 10.8. The lowest BCUT2D eigenvalue weighted by Gasteiger charge is -2.27. The lowest BCUT2D eigenvalue weighted by atomic mass is 10.2. The monoisotopic (exact) mass is 324 g/mol. The van der Waals surface area contributed by atoms with Gasteiger partial charge < -0.3 is 24.8 Å². The number of phenols is 1. The van der Waals surface area contributed by atoms with Gasteiger partial charge in [0.1, 0.15) is 11.4 Å². The largest absolute Gasteiger partial charge is 0.508 e. The molecule has 130 valence electrons. The van der Waals surface area contributed by atoms with E-state index >= 15 is 0 Å². The van der Waals surface area contributed by atoms with Gasteiger partial charge in [-0.2, -0.15) is 0 Å². The van der Waals surface area contributed by atoms with E-state index in [9.17, 15) is 9.90 Å². The molecule has 23 heavy (non-hydrogen) atoms. The first kappa shape index (κ1) is 19.3. The molecule has 6 nitrogen and oxygen atoms in total. The van der Waals surface area contributed by atoms with Crippen molar-refractivity contribution in [1.82, 2.24) is 10.2 Å². The molecule has 0 aliphatic heterocycles. The van der Waals surface area contributed by atoms with E-state index in [2.05, 4.69) is 5.32 Å². The molecule has 1 amide bonds. The van der Waals surface area contributed by atoms with E-state index in [4.69, 9.17) is 9.47 Å². The number of nitrogens with one attached hydrogen (secondary N) is 1. The van der Waals surface area contributed by atoms with Crippen molar-refractivity contribution in [3.8, 4) is 5.75 Å². The van der Waals surface area contributed by atoms with Crippen molar-refractivity contribution in [2.24, 2.45) is 0 Å². The van der Waals surface area contributed by atoms with Crippen molar-refractivity contribution in [2.75, 3.05) is 33.4 Å². The van der Waals surface area contributed by atoms with Crippen LogP contribution in [0.2, 0.25) is 0 Å². The van der Waals surface area contributed by atoms with Gasteiger partial charge in [0.05, 0.1) is 6.61 Å². The lowest BCUT2D eigenvalue weighted by Crippen LogP contribution is -2.42. The number of amides is 1. The number of carbonyl (C=O) groups is 1. The SMILES string of the molecule is COCCN(CCNCc1ccccc1O)C(=O)OC(C)(C)C. The number of hydrogen-bond donors (Lipinski definition) is 2. The van der Waals surface area contributed by atoms with E-state index in [1.165, 1.54) is 0 Å². The van der Waals surface area contributed by atoms with Gasteiger partial charge in [0.15, 0.2) is 0 Å². The Bertz CT molecular complexity index is 486. The summed E-state index contributed by atoms with van der Waals surface area (Å²) in [5.41, 5.74) is 0.305. The Morgan fingerprint density at radius 3 is 2.57 bits per heavy atom. The topological polar surface area (TPSA) is 71.0 Å². The third-order valence-electron chi connectivity index (χ3n) is 3.08. The third-order valence-corrected chi connectivity index (χ3v) is 3.08. The second kappa shape index (κ2) is 9.37. The molecule has 0 saturated carbocycles. The maximum absolute atomic E-state index is 12.2. The fourth-order valence-corrected chi connectivity index (χ4v) is 1.92. The number of nitrogens with zero attached hydrogens (tertiary/aromatic N) is 1. The number of hydrogen-bond acceptors (Lipinski definition) is 5. The molecular formula is C17H28N2O4.